The summed E-state index contributed by atoms with van der Waals surface area (Å²) in [6, 6.07) is 10.2. The van der Waals surface area contributed by atoms with Crippen LogP contribution >= 0.6 is 0 Å². The van der Waals surface area contributed by atoms with Crippen molar-refractivity contribution >= 4 is 17.8 Å². The van der Waals surface area contributed by atoms with Crippen molar-refractivity contribution in [3.05, 3.63) is 65.7 Å². The zero-order valence-electron chi connectivity index (χ0n) is 13.3. The summed E-state index contributed by atoms with van der Waals surface area (Å²) in [6.07, 6.45) is 0. The van der Waals surface area contributed by atoms with Crippen LogP contribution in [0.2, 0.25) is 0 Å². The highest BCUT2D eigenvalue weighted by atomic mass is 19.1. The van der Waals surface area contributed by atoms with Gasteiger partial charge in [0.15, 0.2) is 13.2 Å². The van der Waals surface area contributed by atoms with Crippen LogP contribution in [0.5, 0.6) is 5.75 Å². The summed E-state index contributed by atoms with van der Waals surface area (Å²) in [5.74, 6) is -3.47. The first-order chi connectivity index (χ1) is 12.5. The molecule has 2 N–H and O–H groups in total. The van der Waals surface area contributed by atoms with Crippen LogP contribution in [-0.4, -0.2) is 31.0 Å². The van der Waals surface area contributed by atoms with Crippen LogP contribution in [0, 0.1) is 11.6 Å². The van der Waals surface area contributed by atoms with E-state index in [-0.39, 0.29) is 11.3 Å². The van der Waals surface area contributed by atoms with E-state index in [2.05, 4.69) is 4.74 Å². The van der Waals surface area contributed by atoms with Gasteiger partial charge in [-0.25, -0.2) is 13.6 Å². The van der Waals surface area contributed by atoms with Crippen molar-refractivity contribution in [1.82, 2.24) is 10.9 Å². The maximum Gasteiger partial charge on any atom is 0.344 e. The molecule has 2 amide bonds. The van der Waals surface area contributed by atoms with Gasteiger partial charge in [-0.2, -0.15) is 0 Å². The second-order valence-corrected chi connectivity index (χ2v) is 4.89. The van der Waals surface area contributed by atoms with E-state index in [1.807, 2.05) is 10.9 Å². The van der Waals surface area contributed by atoms with Crippen LogP contribution in [0.25, 0.3) is 0 Å². The van der Waals surface area contributed by atoms with Crippen molar-refractivity contribution < 1.29 is 32.6 Å². The summed E-state index contributed by atoms with van der Waals surface area (Å²) < 4.78 is 35.8. The standard InChI is InChI=1S/C17H14F2N2O5/c18-11-5-7-12(8-6-11)25-10-16(23)26-9-15(22)20-21-17(24)13-3-1-2-4-14(13)19/h1-8H,9-10H2,(H,20,22)(H,21,24). The lowest BCUT2D eigenvalue weighted by Gasteiger charge is -2.09. The molecular formula is C17H14F2N2O5. The molecule has 0 saturated carbocycles. The Balaban J connectivity index is 1.68. The van der Waals surface area contributed by atoms with Crippen LogP contribution in [0.4, 0.5) is 8.78 Å². The van der Waals surface area contributed by atoms with Gasteiger partial charge in [-0.15, -0.1) is 0 Å². The Bertz CT molecular complexity index is 796. The van der Waals surface area contributed by atoms with Gasteiger partial charge in [0.2, 0.25) is 0 Å². The SMILES string of the molecule is O=C(COC(=O)COc1ccc(F)cc1)NNC(=O)c1ccccc1F. The zero-order chi connectivity index (χ0) is 18.9. The summed E-state index contributed by atoms with van der Waals surface area (Å²) in [7, 11) is 0. The summed E-state index contributed by atoms with van der Waals surface area (Å²) in [5.41, 5.74) is 3.72. The second kappa shape index (κ2) is 9.11. The molecule has 2 aromatic carbocycles. The Morgan fingerprint density at radius 1 is 0.885 bits per heavy atom. The fraction of sp³-hybridized carbons (Fsp3) is 0.118. The number of halogens is 2. The van der Waals surface area contributed by atoms with E-state index in [0.717, 1.165) is 18.2 Å². The topological polar surface area (TPSA) is 93.7 Å². The van der Waals surface area contributed by atoms with E-state index < -0.39 is 42.6 Å². The minimum absolute atomic E-state index is 0.252. The molecule has 0 aliphatic carbocycles. The number of nitrogens with one attached hydrogen (secondary N) is 2. The van der Waals surface area contributed by atoms with Gasteiger partial charge >= 0.3 is 5.97 Å². The Morgan fingerprint density at radius 3 is 2.27 bits per heavy atom. The van der Waals surface area contributed by atoms with Gasteiger partial charge in [-0.3, -0.25) is 20.4 Å². The summed E-state index contributed by atoms with van der Waals surface area (Å²) in [5, 5.41) is 0. The smallest absolute Gasteiger partial charge is 0.344 e. The number of amides is 2. The van der Waals surface area contributed by atoms with E-state index in [1.165, 1.54) is 30.3 Å². The van der Waals surface area contributed by atoms with Crippen molar-refractivity contribution in [2.24, 2.45) is 0 Å². The molecule has 26 heavy (non-hydrogen) atoms. The molecular weight excluding hydrogens is 350 g/mol. The molecule has 2 aromatic rings. The van der Waals surface area contributed by atoms with Crippen molar-refractivity contribution in [3.63, 3.8) is 0 Å². The van der Waals surface area contributed by atoms with Crippen molar-refractivity contribution in [1.29, 1.82) is 0 Å². The third kappa shape index (κ3) is 5.86. The fourth-order valence-electron chi connectivity index (χ4n) is 1.74. The van der Waals surface area contributed by atoms with Crippen LogP contribution in [0.3, 0.4) is 0 Å². The monoisotopic (exact) mass is 364 g/mol. The molecule has 0 aromatic heterocycles. The molecule has 0 aliphatic heterocycles. The van der Waals surface area contributed by atoms with E-state index in [1.54, 1.807) is 0 Å². The second-order valence-electron chi connectivity index (χ2n) is 4.89. The number of ether oxygens (including phenoxy) is 2. The third-order valence-corrected chi connectivity index (χ3v) is 2.97. The first-order valence-electron chi connectivity index (χ1n) is 7.33. The van der Waals surface area contributed by atoms with Crippen LogP contribution in [-0.2, 0) is 14.3 Å². The van der Waals surface area contributed by atoms with Crippen molar-refractivity contribution in [2.45, 2.75) is 0 Å². The first-order valence-corrected chi connectivity index (χ1v) is 7.33. The Morgan fingerprint density at radius 2 is 1.58 bits per heavy atom. The predicted octanol–water partition coefficient (Wildman–Crippen LogP) is 1.35. The molecule has 0 spiro atoms. The number of rotatable bonds is 6. The summed E-state index contributed by atoms with van der Waals surface area (Å²) >= 11 is 0. The van der Waals surface area contributed by atoms with Gasteiger partial charge in [0.1, 0.15) is 17.4 Å². The van der Waals surface area contributed by atoms with Crippen molar-refractivity contribution in [2.75, 3.05) is 13.2 Å². The van der Waals surface area contributed by atoms with E-state index >= 15 is 0 Å². The van der Waals surface area contributed by atoms with Gasteiger partial charge in [-0.05, 0) is 36.4 Å². The molecule has 0 fully saturated rings. The maximum atomic E-state index is 13.4. The Kier molecular flexibility index (Phi) is 6.60. The van der Waals surface area contributed by atoms with Gasteiger partial charge in [-0.1, -0.05) is 12.1 Å². The highest BCUT2D eigenvalue weighted by Crippen LogP contribution is 2.10. The zero-order valence-corrected chi connectivity index (χ0v) is 13.3. The molecule has 136 valence electrons. The molecule has 0 unspecified atom stereocenters. The van der Waals surface area contributed by atoms with Crippen LogP contribution in [0.15, 0.2) is 48.5 Å². The number of hydrogen-bond donors (Lipinski definition) is 2. The molecule has 7 nitrogen and oxygen atoms in total. The largest absolute Gasteiger partial charge is 0.482 e. The average Bonchev–Trinajstić information content (AvgIpc) is 2.64. The van der Waals surface area contributed by atoms with Crippen LogP contribution < -0.4 is 15.6 Å². The Labute approximate surface area is 146 Å². The number of carbonyl (C=O) groups excluding carboxylic acids is 3. The lowest BCUT2D eigenvalue weighted by Crippen LogP contribution is -2.44. The summed E-state index contributed by atoms with van der Waals surface area (Å²) in [6.45, 7) is -1.16. The molecule has 0 radical (unpaired) electrons. The predicted molar refractivity (Wildman–Crippen MR) is 84.9 cm³/mol. The third-order valence-electron chi connectivity index (χ3n) is 2.97. The molecule has 0 saturated heterocycles. The molecule has 0 bridgehead atoms. The molecule has 9 heteroatoms. The summed E-state index contributed by atoms with van der Waals surface area (Å²) in [4.78, 5) is 34.6. The molecule has 0 atom stereocenters. The molecule has 0 aliphatic rings. The van der Waals surface area contributed by atoms with Gasteiger partial charge in [0, 0.05) is 0 Å². The highest BCUT2D eigenvalue weighted by Gasteiger charge is 2.13. The normalized spacial score (nSPS) is 9.92. The first kappa shape index (κ1) is 18.8. The van der Waals surface area contributed by atoms with Gasteiger partial charge in [0.25, 0.3) is 11.8 Å². The number of benzene rings is 2. The molecule has 0 heterocycles. The fourth-order valence-corrected chi connectivity index (χ4v) is 1.74. The number of hydrogen-bond acceptors (Lipinski definition) is 5. The minimum atomic E-state index is -0.859. The van der Waals surface area contributed by atoms with Crippen molar-refractivity contribution in [3.8, 4) is 5.75 Å². The maximum absolute atomic E-state index is 13.4. The van der Waals surface area contributed by atoms with Gasteiger partial charge < -0.3 is 9.47 Å². The Hall–Kier alpha value is -3.49. The lowest BCUT2D eigenvalue weighted by atomic mass is 10.2. The van der Waals surface area contributed by atoms with Crippen LogP contribution in [0.1, 0.15) is 10.4 Å². The quantitative estimate of drug-likeness (QED) is 0.596. The van der Waals surface area contributed by atoms with E-state index in [4.69, 9.17) is 4.74 Å². The number of esters is 1. The van der Waals surface area contributed by atoms with E-state index in [9.17, 15) is 23.2 Å². The average molecular weight is 364 g/mol. The molecule has 2 rings (SSSR count). The van der Waals surface area contributed by atoms with E-state index in [0.29, 0.717) is 0 Å². The van der Waals surface area contributed by atoms with Gasteiger partial charge in [0.05, 0.1) is 5.56 Å². The number of hydrazine groups is 1. The highest BCUT2D eigenvalue weighted by molar-refractivity contribution is 5.95. The lowest BCUT2D eigenvalue weighted by molar-refractivity contribution is -0.150. The number of carbonyl (C=O) groups is 3. The minimum Gasteiger partial charge on any atom is -0.482 e.